The number of H-pyrrole nitrogens is 1. The molecule has 5 heteroatoms. The first-order chi connectivity index (χ1) is 15.3. The lowest BCUT2D eigenvalue weighted by Gasteiger charge is -2.07. The molecule has 0 fully saturated rings. The molecule has 2 heterocycles. The van der Waals surface area contributed by atoms with Gasteiger partial charge in [-0.25, -0.2) is 4.98 Å². The van der Waals surface area contributed by atoms with Crippen LogP contribution in [0.5, 0.6) is 0 Å². The largest absolute Gasteiger partial charge is 0.342 e. The van der Waals surface area contributed by atoms with Crippen molar-refractivity contribution in [1.29, 1.82) is 10.5 Å². The van der Waals surface area contributed by atoms with Crippen LogP contribution in [0.25, 0.3) is 33.6 Å². The van der Waals surface area contributed by atoms with Gasteiger partial charge in [0.25, 0.3) is 0 Å². The van der Waals surface area contributed by atoms with Gasteiger partial charge in [0.05, 0.1) is 28.2 Å². The molecule has 0 unspecified atom stereocenters. The fourth-order valence-electron chi connectivity index (χ4n) is 3.86. The predicted molar refractivity (Wildman–Crippen MR) is 122 cm³/mol. The van der Waals surface area contributed by atoms with Gasteiger partial charge in [0.1, 0.15) is 11.9 Å². The molecule has 0 saturated heterocycles. The van der Waals surface area contributed by atoms with Crippen LogP contribution in [0.4, 0.5) is 0 Å². The first-order valence-electron chi connectivity index (χ1n) is 9.89. The Bertz CT molecular complexity index is 1500. The molecule has 3 aromatic carbocycles. The molecule has 2 aromatic heterocycles. The van der Waals surface area contributed by atoms with Crippen molar-refractivity contribution in [3.8, 4) is 12.1 Å². The molecule has 0 bridgehead atoms. The lowest BCUT2D eigenvalue weighted by molar-refractivity contribution is 0.833. The molecule has 0 amide bonds. The van der Waals surface area contributed by atoms with Crippen molar-refractivity contribution < 1.29 is 0 Å². The number of aromatic nitrogens is 3. The van der Waals surface area contributed by atoms with Gasteiger partial charge in [-0.3, -0.25) is 0 Å². The summed E-state index contributed by atoms with van der Waals surface area (Å²) in [4.78, 5) is 7.80. The summed E-state index contributed by atoms with van der Waals surface area (Å²) in [7, 11) is 0. The molecule has 0 saturated carbocycles. The quantitative estimate of drug-likeness (QED) is 0.405. The van der Waals surface area contributed by atoms with Crippen LogP contribution >= 0.6 is 0 Å². The van der Waals surface area contributed by atoms with Crippen LogP contribution in [0, 0.1) is 22.7 Å². The highest BCUT2D eigenvalue weighted by molar-refractivity contribution is 5.98. The SMILES string of the molecule is N#C/C(=C\c1cn(Cc2ccccc2C#N)c2ccccc12)c1nc2ccccc2[nH]1. The first kappa shape index (κ1) is 18.4. The molecule has 31 heavy (non-hydrogen) atoms. The Morgan fingerprint density at radius 1 is 0.968 bits per heavy atom. The van der Waals surface area contributed by atoms with E-state index in [-0.39, 0.29) is 0 Å². The van der Waals surface area contributed by atoms with Crippen molar-refractivity contribution in [2.24, 2.45) is 0 Å². The maximum Gasteiger partial charge on any atom is 0.149 e. The number of allylic oxidation sites excluding steroid dienone is 1. The zero-order chi connectivity index (χ0) is 21.2. The number of imidazole rings is 1. The third-order valence-electron chi connectivity index (χ3n) is 5.36. The van der Waals surface area contributed by atoms with Crippen LogP contribution in [0.1, 0.15) is 22.5 Å². The van der Waals surface area contributed by atoms with Gasteiger partial charge in [0, 0.05) is 29.2 Å². The van der Waals surface area contributed by atoms with Crippen molar-refractivity contribution in [2.75, 3.05) is 0 Å². The number of nitrogens with one attached hydrogen (secondary N) is 1. The molecule has 5 nitrogen and oxygen atoms in total. The van der Waals surface area contributed by atoms with Crippen LogP contribution in [0.15, 0.2) is 79.0 Å². The first-order valence-corrected chi connectivity index (χ1v) is 9.89. The average molecular weight is 399 g/mol. The summed E-state index contributed by atoms with van der Waals surface area (Å²) in [6.45, 7) is 0.574. The van der Waals surface area contributed by atoms with Crippen LogP contribution < -0.4 is 0 Å². The number of hydrogen-bond acceptors (Lipinski definition) is 3. The molecule has 5 aromatic rings. The zero-order valence-electron chi connectivity index (χ0n) is 16.6. The molecule has 0 atom stereocenters. The predicted octanol–water partition coefficient (Wildman–Crippen LogP) is 5.50. The third-order valence-corrected chi connectivity index (χ3v) is 5.36. The third kappa shape index (κ3) is 3.35. The minimum absolute atomic E-state index is 0.469. The van der Waals surface area contributed by atoms with E-state index in [1.165, 1.54) is 0 Å². The van der Waals surface area contributed by atoms with E-state index in [0.29, 0.717) is 23.5 Å². The highest BCUT2D eigenvalue weighted by Crippen LogP contribution is 2.27. The maximum atomic E-state index is 9.83. The normalized spacial score (nSPS) is 11.5. The lowest BCUT2D eigenvalue weighted by atomic mass is 10.1. The number of benzene rings is 3. The van der Waals surface area contributed by atoms with Crippen molar-refractivity contribution in [2.45, 2.75) is 6.54 Å². The Balaban J connectivity index is 1.61. The van der Waals surface area contributed by atoms with E-state index < -0.39 is 0 Å². The standard InChI is InChI=1S/C26H17N5/c27-14-18-7-1-2-8-19(18)16-31-17-21(22-9-3-6-12-25(22)31)13-20(15-28)26-29-23-10-4-5-11-24(23)30-26/h1-13,17H,16H2,(H,29,30)/b20-13+. The van der Waals surface area contributed by atoms with Crippen LogP contribution in [0.2, 0.25) is 0 Å². The van der Waals surface area contributed by atoms with E-state index in [0.717, 1.165) is 33.1 Å². The van der Waals surface area contributed by atoms with Gasteiger partial charge in [0.15, 0.2) is 0 Å². The van der Waals surface area contributed by atoms with E-state index in [1.54, 1.807) is 0 Å². The van der Waals surface area contributed by atoms with Gasteiger partial charge in [-0.2, -0.15) is 10.5 Å². The van der Waals surface area contributed by atoms with E-state index in [4.69, 9.17) is 0 Å². The maximum absolute atomic E-state index is 9.83. The molecular formula is C26H17N5. The second-order valence-electron chi connectivity index (χ2n) is 7.27. The molecule has 146 valence electrons. The summed E-state index contributed by atoms with van der Waals surface area (Å²) in [5.41, 5.74) is 5.79. The van der Waals surface area contributed by atoms with Gasteiger partial charge >= 0.3 is 0 Å². The fraction of sp³-hybridized carbons (Fsp3) is 0.0385. The van der Waals surface area contributed by atoms with Crippen LogP contribution in [-0.2, 0) is 6.54 Å². The molecule has 5 rings (SSSR count). The second kappa shape index (κ2) is 7.67. The fourth-order valence-corrected chi connectivity index (χ4v) is 3.86. The van der Waals surface area contributed by atoms with Crippen LogP contribution in [0.3, 0.4) is 0 Å². The van der Waals surface area contributed by atoms with Gasteiger partial charge in [-0.05, 0) is 35.9 Å². The summed E-state index contributed by atoms with van der Waals surface area (Å²) >= 11 is 0. The molecular weight excluding hydrogens is 382 g/mol. The Kier molecular flexibility index (Phi) is 4.55. The highest BCUT2D eigenvalue weighted by Gasteiger charge is 2.12. The summed E-state index contributed by atoms with van der Waals surface area (Å²) in [5, 5.41) is 20.3. The van der Waals surface area contributed by atoms with Gasteiger partial charge in [-0.15, -0.1) is 0 Å². The van der Waals surface area contributed by atoms with Crippen molar-refractivity contribution in [3.63, 3.8) is 0 Å². The van der Waals surface area contributed by atoms with E-state index in [9.17, 15) is 10.5 Å². The number of nitriles is 2. The minimum Gasteiger partial charge on any atom is -0.342 e. The summed E-state index contributed by atoms with van der Waals surface area (Å²) in [6.07, 6.45) is 3.89. The minimum atomic E-state index is 0.469. The number of aromatic amines is 1. The second-order valence-corrected chi connectivity index (χ2v) is 7.27. The molecule has 0 aliphatic heterocycles. The number of rotatable bonds is 4. The summed E-state index contributed by atoms with van der Waals surface area (Å²) in [6, 6.07) is 28.0. The van der Waals surface area contributed by atoms with Gasteiger partial charge in [0.2, 0.25) is 0 Å². The van der Waals surface area contributed by atoms with Gasteiger partial charge in [-0.1, -0.05) is 48.5 Å². The topological polar surface area (TPSA) is 81.2 Å². The number of hydrogen-bond donors (Lipinski definition) is 1. The Hall–Kier alpha value is -4.61. The Morgan fingerprint density at radius 3 is 2.58 bits per heavy atom. The molecule has 0 aliphatic carbocycles. The monoisotopic (exact) mass is 399 g/mol. The van der Waals surface area contributed by atoms with E-state index >= 15 is 0 Å². The lowest BCUT2D eigenvalue weighted by Crippen LogP contribution is -2.00. The molecule has 0 aliphatic rings. The van der Waals surface area contributed by atoms with E-state index in [2.05, 4.69) is 32.7 Å². The molecule has 0 radical (unpaired) electrons. The Morgan fingerprint density at radius 2 is 1.74 bits per heavy atom. The van der Waals surface area contributed by atoms with Crippen molar-refractivity contribution >= 4 is 33.6 Å². The smallest absolute Gasteiger partial charge is 0.149 e. The number of nitrogens with zero attached hydrogens (tertiary/aromatic N) is 4. The van der Waals surface area contributed by atoms with Crippen molar-refractivity contribution in [1.82, 2.24) is 14.5 Å². The molecule has 1 N–H and O–H groups in total. The summed E-state index contributed by atoms with van der Waals surface area (Å²) in [5.74, 6) is 0.551. The zero-order valence-corrected chi connectivity index (χ0v) is 16.6. The van der Waals surface area contributed by atoms with Gasteiger partial charge < -0.3 is 9.55 Å². The highest BCUT2D eigenvalue weighted by atomic mass is 15.0. The molecule has 0 spiro atoms. The average Bonchev–Trinajstić information content (AvgIpc) is 3.39. The Labute approximate surface area is 179 Å². The van der Waals surface area contributed by atoms with E-state index in [1.807, 2.05) is 79.0 Å². The summed E-state index contributed by atoms with van der Waals surface area (Å²) < 4.78 is 2.12. The van der Waals surface area contributed by atoms with Crippen molar-refractivity contribution in [3.05, 3.63) is 102 Å². The number of para-hydroxylation sites is 3. The van der Waals surface area contributed by atoms with Crippen LogP contribution in [-0.4, -0.2) is 14.5 Å². The number of fused-ring (bicyclic) bond motifs is 2.